The summed E-state index contributed by atoms with van der Waals surface area (Å²) >= 11 is 0. The second-order valence-corrected chi connectivity index (χ2v) is 15.6. The van der Waals surface area contributed by atoms with E-state index in [1.807, 2.05) is 0 Å². The molecule has 62 heavy (non-hydrogen) atoms. The first kappa shape index (κ1) is 36.8. The van der Waals surface area contributed by atoms with Crippen molar-refractivity contribution >= 4 is 38.9 Å². The van der Waals surface area contributed by atoms with Gasteiger partial charge in [-0.2, -0.15) is 0 Å². The van der Waals surface area contributed by atoms with Crippen molar-refractivity contribution in [3.8, 4) is 61.3 Å². The molecule has 0 saturated heterocycles. The summed E-state index contributed by atoms with van der Waals surface area (Å²) in [6, 6.07) is 92.2. The van der Waals surface area contributed by atoms with E-state index in [-0.39, 0.29) is 0 Å². The molecule has 292 valence electrons. The first-order valence-corrected chi connectivity index (χ1v) is 21.3. The molecule has 10 aromatic carbocycles. The van der Waals surface area contributed by atoms with Gasteiger partial charge >= 0.3 is 0 Å². The SMILES string of the molecule is c1ccc(-c2ccc(-c3ccccc3)c(-n3c4ccccc4c4c(N(c5ccccc5-c5ccccc5)c5cccc(-c6ccccc6)c5-c5ccccc5)cccc43)c2)cc1. The first-order chi connectivity index (χ1) is 30.8. The molecule has 0 amide bonds. The molecule has 0 radical (unpaired) electrons. The third-order valence-electron chi connectivity index (χ3n) is 12.0. The molecule has 0 unspecified atom stereocenters. The largest absolute Gasteiger partial charge is 0.309 e. The zero-order chi connectivity index (χ0) is 41.2. The molecule has 0 aliphatic heterocycles. The molecule has 2 heteroatoms. The van der Waals surface area contributed by atoms with Crippen molar-refractivity contribution in [3.63, 3.8) is 0 Å². The molecule has 2 nitrogen and oxygen atoms in total. The van der Waals surface area contributed by atoms with Crippen LogP contribution in [0, 0.1) is 0 Å². The minimum atomic E-state index is 1.10. The maximum Gasteiger partial charge on any atom is 0.0562 e. The summed E-state index contributed by atoms with van der Waals surface area (Å²) in [4.78, 5) is 2.52. The van der Waals surface area contributed by atoms with Crippen LogP contribution in [0.25, 0.3) is 83.1 Å². The Morgan fingerprint density at radius 2 is 0.742 bits per heavy atom. The maximum atomic E-state index is 2.52. The van der Waals surface area contributed by atoms with Gasteiger partial charge in [0.05, 0.1) is 33.8 Å². The van der Waals surface area contributed by atoms with E-state index in [1.54, 1.807) is 0 Å². The minimum absolute atomic E-state index is 1.10. The summed E-state index contributed by atoms with van der Waals surface area (Å²) in [5, 5.41) is 2.36. The van der Waals surface area contributed by atoms with Gasteiger partial charge in [0, 0.05) is 27.5 Å². The molecule has 1 heterocycles. The minimum Gasteiger partial charge on any atom is -0.309 e. The lowest BCUT2D eigenvalue weighted by atomic mass is 9.91. The van der Waals surface area contributed by atoms with Crippen molar-refractivity contribution in [2.75, 3.05) is 4.90 Å². The molecular formula is C60H42N2. The van der Waals surface area contributed by atoms with Crippen LogP contribution in [0.1, 0.15) is 0 Å². The highest BCUT2D eigenvalue weighted by molar-refractivity contribution is 6.18. The maximum absolute atomic E-state index is 2.52. The van der Waals surface area contributed by atoms with Crippen molar-refractivity contribution in [1.29, 1.82) is 0 Å². The number of para-hydroxylation sites is 2. The summed E-state index contributed by atoms with van der Waals surface area (Å²) in [7, 11) is 0. The molecule has 0 aliphatic rings. The normalized spacial score (nSPS) is 11.2. The van der Waals surface area contributed by atoms with Gasteiger partial charge in [0.15, 0.2) is 0 Å². The average Bonchev–Trinajstić information content (AvgIpc) is 3.70. The highest BCUT2D eigenvalue weighted by atomic mass is 15.2. The van der Waals surface area contributed by atoms with E-state index in [2.05, 4.69) is 264 Å². The number of fused-ring (bicyclic) bond motifs is 3. The number of hydrogen-bond donors (Lipinski definition) is 0. The molecule has 11 aromatic rings. The van der Waals surface area contributed by atoms with Crippen LogP contribution < -0.4 is 4.90 Å². The fraction of sp³-hybridized carbons (Fsp3) is 0. The number of rotatable bonds is 9. The Balaban J connectivity index is 1.26. The van der Waals surface area contributed by atoms with Crippen LogP contribution in [0.3, 0.4) is 0 Å². The van der Waals surface area contributed by atoms with Crippen molar-refractivity contribution in [2.45, 2.75) is 0 Å². The van der Waals surface area contributed by atoms with E-state index >= 15 is 0 Å². The van der Waals surface area contributed by atoms with E-state index in [9.17, 15) is 0 Å². The topological polar surface area (TPSA) is 8.17 Å². The van der Waals surface area contributed by atoms with Crippen LogP contribution in [0.5, 0.6) is 0 Å². The monoisotopic (exact) mass is 790 g/mol. The van der Waals surface area contributed by atoms with E-state index in [1.165, 1.54) is 49.7 Å². The van der Waals surface area contributed by atoms with Crippen LogP contribution >= 0.6 is 0 Å². The van der Waals surface area contributed by atoms with Crippen LogP contribution in [0.15, 0.2) is 255 Å². The van der Waals surface area contributed by atoms with E-state index < -0.39 is 0 Å². The molecule has 0 spiro atoms. The average molecular weight is 791 g/mol. The smallest absolute Gasteiger partial charge is 0.0562 e. The molecule has 0 atom stereocenters. The summed E-state index contributed by atoms with van der Waals surface area (Å²) in [6.07, 6.45) is 0. The predicted octanol–water partition coefficient (Wildman–Crippen LogP) is 16.6. The van der Waals surface area contributed by atoms with Crippen molar-refractivity contribution in [2.24, 2.45) is 0 Å². The van der Waals surface area contributed by atoms with Crippen molar-refractivity contribution < 1.29 is 0 Å². The van der Waals surface area contributed by atoms with Crippen LogP contribution in [0.2, 0.25) is 0 Å². The quantitative estimate of drug-likeness (QED) is 0.141. The van der Waals surface area contributed by atoms with E-state index in [0.717, 1.165) is 50.5 Å². The molecule has 0 N–H and O–H groups in total. The van der Waals surface area contributed by atoms with Crippen molar-refractivity contribution in [3.05, 3.63) is 255 Å². The molecule has 0 aliphatic carbocycles. The fourth-order valence-corrected chi connectivity index (χ4v) is 9.25. The molecule has 0 saturated carbocycles. The van der Waals surface area contributed by atoms with Gasteiger partial charge in [0.1, 0.15) is 0 Å². The van der Waals surface area contributed by atoms with E-state index in [4.69, 9.17) is 0 Å². The first-order valence-electron chi connectivity index (χ1n) is 21.3. The lowest BCUT2D eigenvalue weighted by Gasteiger charge is -2.31. The number of hydrogen-bond acceptors (Lipinski definition) is 1. The van der Waals surface area contributed by atoms with Crippen LogP contribution in [0.4, 0.5) is 17.1 Å². The Morgan fingerprint density at radius 1 is 0.274 bits per heavy atom. The fourth-order valence-electron chi connectivity index (χ4n) is 9.25. The third kappa shape index (κ3) is 6.56. The Hall–Kier alpha value is -8.20. The van der Waals surface area contributed by atoms with Crippen molar-refractivity contribution in [1.82, 2.24) is 4.57 Å². The lowest BCUT2D eigenvalue weighted by Crippen LogP contribution is -2.13. The van der Waals surface area contributed by atoms with Gasteiger partial charge in [-0.3, -0.25) is 0 Å². The number of benzene rings is 10. The van der Waals surface area contributed by atoms with Gasteiger partial charge in [-0.25, -0.2) is 0 Å². The lowest BCUT2D eigenvalue weighted by molar-refractivity contribution is 1.18. The Labute approximate surface area is 362 Å². The predicted molar refractivity (Wildman–Crippen MR) is 263 cm³/mol. The van der Waals surface area contributed by atoms with Gasteiger partial charge < -0.3 is 9.47 Å². The molecule has 0 fully saturated rings. The third-order valence-corrected chi connectivity index (χ3v) is 12.0. The summed E-state index contributed by atoms with van der Waals surface area (Å²) < 4.78 is 2.49. The molecular weight excluding hydrogens is 749 g/mol. The highest BCUT2D eigenvalue weighted by Gasteiger charge is 2.27. The standard InChI is InChI=1S/C60H42N2/c1-6-22-43(23-7-1)48-40-41-50(45-26-10-3-11-27-45)58(42-48)62-54-36-19-17-33-52(54)60-56(38-21-39-57(60)62)61(53-35-18-16-32-49(53)44-24-8-2-9-25-44)55-37-20-34-51(46-28-12-4-13-29-46)59(55)47-30-14-5-15-31-47/h1-42H. The number of aromatic nitrogens is 1. The molecule has 11 rings (SSSR count). The van der Waals surface area contributed by atoms with Gasteiger partial charge in [0.2, 0.25) is 0 Å². The van der Waals surface area contributed by atoms with Crippen LogP contribution in [-0.4, -0.2) is 4.57 Å². The summed E-state index contributed by atoms with van der Waals surface area (Å²) in [5.41, 5.74) is 18.4. The summed E-state index contributed by atoms with van der Waals surface area (Å²) in [5.74, 6) is 0. The van der Waals surface area contributed by atoms with Crippen LogP contribution in [-0.2, 0) is 0 Å². The second kappa shape index (κ2) is 16.1. The Bertz CT molecular complexity index is 3320. The summed E-state index contributed by atoms with van der Waals surface area (Å²) in [6.45, 7) is 0. The zero-order valence-corrected chi connectivity index (χ0v) is 34.1. The highest BCUT2D eigenvalue weighted by Crippen LogP contribution is 2.51. The van der Waals surface area contributed by atoms with Gasteiger partial charge in [-0.15, -0.1) is 0 Å². The van der Waals surface area contributed by atoms with E-state index in [0.29, 0.717) is 0 Å². The van der Waals surface area contributed by atoms with Gasteiger partial charge in [0.25, 0.3) is 0 Å². The second-order valence-electron chi connectivity index (χ2n) is 15.6. The Morgan fingerprint density at radius 3 is 1.42 bits per heavy atom. The zero-order valence-electron chi connectivity index (χ0n) is 34.1. The van der Waals surface area contributed by atoms with Gasteiger partial charge in [-0.05, 0) is 75.3 Å². The molecule has 1 aromatic heterocycles. The molecule has 0 bridgehead atoms. The Kier molecular flexibility index (Phi) is 9.57. The number of anilines is 3. The number of nitrogens with zero attached hydrogens (tertiary/aromatic N) is 2. The van der Waals surface area contributed by atoms with Gasteiger partial charge in [-0.1, -0.05) is 218 Å².